The van der Waals surface area contributed by atoms with E-state index in [1.165, 1.54) is 0 Å². The molecule has 2 heterocycles. The van der Waals surface area contributed by atoms with E-state index in [0.29, 0.717) is 21.7 Å². The van der Waals surface area contributed by atoms with Gasteiger partial charge in [-0.05, 0) is 55.0 Å². The molecular formula is C20H14ClN3O. The summed E-state index contributed by atoms with van der Waals surface area (Å²) in [6.07, 6.45) is 3.40. The van der Waals surface area contributed by atoms with Crippen LogP contribution in [-0.2, 0) is 0 Å². The largest absolute Gasteiger partial charge is 0.268 e. The summed E-state index contributed by atoms with van der Waals surface area (Å²) in [4.78, 5) is 22.1. The number of halogens is 1. The molecule has 0 aliphatic carbocycles. The number of benzene rings is 2. The summed E-state index contributed by atoms with van der Waals surface area (Å²) in [6.45, 7) is 1.91. The highest BCUT2D eigenvalue weighted by Crippen LogP contribution is 2.24. The SMILES string of the molecule is Cc1cc(-n2c(-c3cccnc3)nc3ccccc3c2=O)ccc1Cl. The van der Waals surface area contributed by atoms with Gasteiger partial charge in [0.1, 0.15) is 5.82 Å². The molecule has 0 bridgehead atoms. The molecule has 0 aliphatic rings. The van der Waals surface area contributed by atoms with E-state index in [9.17, 15) is 4.79 Å². The predicted molar refractivity (Wildman–Crippen MR) is 100 cm³/mol. The van der Waals surface area contributed by atoms with E-state index in [2.05, 4.69) is 4.98 Å². The lowest BCUT2D eigenvalue weighted by Gasteiger charge is -2.14. The summed E-state index contributed by atoms with van der Waals surface area (Å²) in [5.41, 5.74) is 2.94. The Morgan fingerprint density at radius 3 is 2.64 bits per heavy atom. The standard InChI is InChI=1S/C20H14ClN3O/c1-13-11-15(8-9-17(13)21)24-19(14-5-4-10-22-12-14)23-18-7-3-2-6-16(18)20(24)25/h2-12H,1H3. The van der Waals surface area contributed by atoms with Crippen LogP contribution >= 0.6 is 11.6 Å². The first-order chi connectivity index (χ1) is 12.1. The maximum absolute atomic E-state index is 13.2. The van der Waals surface area contributed by atoms with Gasteiger partial charge in [-0.25, -0.2) is 4.98 Å². The lowest BCUT2D eigenvalue weighted by atomic mass is 10.1. The molecular weight excluding hydrogens is 334 g/mol. The van der Waals surface area contributed by atoms with E-state index in [0.717, 1.165) is 16.8 Å². The molecule has 0 aliphatic heterocycles. The minimum absolute atomic E-state index is 0.119. The van der Waals surface area contributed by atoms with Crippen molar-refractivity contribution in [2.24, 2.45) is 0 Å². The lowest BCUT2D eigenvalue weighted by molar-refractivity contribution is 0.971. The van der Waals surface area contributed by atoms with Crippen molar-refractivity contribution < 1.29 is 0 Å². The van der Waals surface area contributed by atoms with Gasteiger partial charge in [-0.2, -0.15) is 0 Å². The highest BCUT2D eigenvalue weighted by Gasteiger charge is 2.15. The van der Waals surface area contributed by atoms with E-state index in [1.807, 2.05) is 49.4 Å². The highest BCUT2D eigenvalue weighted by atomic mass is 35.5. The molecule has 0 spiro atoms. The number of fused-ring (bicyclic) bond motifs is 1. The fraction of sp³-hybridized carbons (Fsp3) is 0.0500. The van der Waals surface area contributed by atoms with Crippen molar-refractivity contribution in [3.63, 3.8) is 0 Å². The molecule has 0 fully saturated rings. The molecule has 4 nitrogen and oxygen atoms in total. The molecule has 0 unspecified atom stereocenters. The zero-order valence-electron chi connectivity index (χ0n) is 13.5. The van der Waals surface area contributed by atoms with Gasteiger partial charge in [-0.1, -0.05) is 23.7 Å². The molecule has 0 radical (unpaired) electrons. The van der Waals surface area contributed by atoms with Crippen LogP contribution in [0.25, 0.3) is 28.0 Å². The fourth-order valence-electron chi connectivity index (χ4n) is 2.83. The van der Waals surface area contributed by atoms with Crippen molar-refractivity contribution >= 4 is 22.5 Å². The second-order valence-corrected chi connectivity index (χ2v) is 6.18. The number of para-hydroxylation sites is 1. The van der Waals surface area contributed by atoms with Gasteiger partial charge in [-0.15, -0.1) is 0 Å². The number of aromatic nitrogens is 3. The molecule has 0 saturated heterocycles. The summed E-state index contributed by atoms with van der Waals surface area (Å²) in [6, 6.07) is 16.6. The predicted octanol–water partition coefficient (Wildman–Crippen LogP) is 4.41. The number of pyridine rings is 1. The summed E-state index contributed by atoms with van der Waals surface area (Å²) in [5.74, 6) is 0.554. The molecule has 2 aromatic carbocycles. The molecule has 4 aromatic rings. The third-order valence-electron chi connectivity index (χ3n) is 4.10. The third kappa shape index (κ3) is 2.71. The minimum atomic E-state index is -0.119. The number of aryl methyl sites for hydroxylation is 1. The Morgan fingerprint density at radius 2 is 1.88 bits per heavy atom. The van der Waals surface area contributed by atoms with Crippen molar-refractivity contribution in [3.05, 3.63) is 87.9 Å². The van der Waals surface area contributed by atoms with Crippen LogP contribution < -0.4 is 5.56 Å². The van der Waals surface area contributed by atoms with Crippen LogP contribution in [0.4, 0.5) is 0 Å². The Labute approximate surface area is 149 Å². The Bertz CT molecular complexity index is 1140. The van der Waals surface area contributed by atoms with Gasteiger partial charge in [0.2, 0.25) is 0 Å². The topological polar surface area (TPSA) is 47.8 Å². The van der Waals surface area contributed by atoms with E-state index in [-0.39, 0.29) is 5.56 Å². The summed E-state index contributed by atoms with van der Waals surface area (Å²) >= 11 is 6.15. The Morgan fingerprint density at radius 1 is 1.04 bits per heavy atom. The second-order valence-electron chi connectivity index (χ2n) is 5.77. The van der Waals surface area contributed by atoms with Gasteiger partial charge >= 0.3 is 0 Å². The number of hydrogen-bond acceptors (Lipinski definition) is 3. The number of rotatable bonds is 2. The molecule has 0 N–H and O–H groups in total. The van der Waals surface area contributed by atoms with Gasteiger partial charge < -0.3 is 0 Å². The smallest absolute Gasteiger partial charge is 0.266 e. The van der Waals surface area contributed by atoms with E-state index in [1.54, 1.807) is 29.1 Å². The van der Waals surface area contributed by atoms with Gasteiger partial charge in [0, 0.05) is 23.0 Å². The Hall–Kier alpha value is -2.98. The molecule has 0 saturated carbocycles. The van der Waals surface area contributed by atoms with Crippen LogP contribution in [-0.4, -0.2) is 14.5 Å². The monoisotopic (exact) mass is 347 g/mol. The number of nitrogens with zero attached hydrogens (tertiary/aromatic N) is 3. The minimum Gasteiger partial charge on any atom is -0.268 e. The van der Waals surface area contributed by atoms with Crippen molar-refractivity contribution in [3.8, 4) is 17.1 Å². The molecule has 25 heavy (non-hydrogen) atoms. The zero-order valence-corrected chi connectivity index (χ0v) is 14.2. The van der Waals surface area contributed by atoms with Crippen LogP contribution in [0, 0.1) is 6.92 Å². The Kier molecular flexibility index (Phi) is 3.82. The third-order valence-corrected chi connectivity index (χ3v) is 4.52. The summed E-state index contributed by atoms with van der Waals surface area (Å²) in [5, 5.41) is 1.23. The van der Waals surface area contributed by atoms with Crippen LogP contribution in [0.1, 0.15) is 5.56 Å². The average Bonchev–Trinajstić information content (AvgIpc) is 2.65. The Balaban J connectivity index is 2.12. The molecule has 0 atom stereocenters. The van der Waals surface area contributed by atoms with Gasteiger partial charge in [0.15, 0.2) is 0 Å². The van der Waals surface area contributed by atoms with Crippen molar-refractivity contribution in [1.29, 1.82) is 0 Å². The summed E-state index contributed by atoms with van der Waals surface area (Å²) in [7, 11) is 0. The fourth-order valence-corrected chi connectivity index (χ4v) is 2.95. The average molecular weight is 348 g/mol. The first-order valence-electron chi connectivity index (χ1n) is 7.84. The van der Waals surface area contributed by atoms with Gasteiger partial charge in [-0.3, -0.25) is 14.3 Å². The molecule has 5 heteroatoms. The first kappa shape index (κ1) is 15.5. The maximum atomic E-state index is 13.2. The van der Waals surface area contributed by atoms with Gasteiger partial charge in [0.25, 0.3) is 5.56 Å². The van der Waals surface area contributed by atoms with Crippen molar-refractivity contribution in [2.75, 3.05) is 0 Å². The van der Waals surface area contributed by atoms with E-state index in [4.69, 9.17) is 16.6 Å². The van der Waals surface area contributed by atoms with Crippen LogP contribution in [0.15, 0.2) is 71.8 Å². The maximum Gasteiger partial charge on any atom is 0.266 e. The second kappa shape index (κ2) is 6.15. The highest BCUT2D eigenvalue weighted by molar-refractivity contribution is 6.31. The molecule has 4 rings (SSSR count). The van der Waals surface area contributed by atoms with Crippen LogP contribution in [0.3, 0.4) is 0 Å². The van der Waals surface area contributed by atoms with Crippen LogP contribution in [0.5, 0.6) is 0 Å². The van der Waals surface area contributed by atoms with Crippen LogP contribution in [0.2, 0.25) is 5.02 Å². The van der Waals surface area contributed by atoms with E-state index < -0.39 is 0 Å². The lowest BCUT2D eigenvalue weighted by Crippen LogP contribution is -2.22. The van der Waals surface area contributed by atoms with Crippen molar-refractivity contribution in [1.82, 2.24) is 14.5 Å². The van der Waals surface area contributed by atoms with Gasteiger partial charge in [0.05, 0.1) is 16.6 Å². The van der Waals surface area contributed by atoms with E-state index >= 15 is 0 Å². The quantitative estimate of drug-likeness (QED) is 0.539. The first-order valence-corrected chi connectivity index (χ1v) is 8.21. The normalized spacial score (nSPS) is 11.0. The molecule has 2 aromatic heterocycles. The molecule has 0 amide bonds. The molecule has 122 valence electrons. The number of hydrogen-bond donors (Lipinski definition) is 0. The zero-order chi connectivity index (χ0) is 17.4. The van der Waals surface area contributed by atoms with Crippen molar-refractivity contribution in [2.45, 2.75) is 6.92 Å². The summed E-state index contributed by atoms with van der Waals surface area (Å²) < 4.78 is 1.61.